The summed E-state index contributed by atoms with van der Waals surface area (Å²) in [5.74, 6) is -7.00. The van der Waals surface area contributed by atoms with E-state index >= 15 is 0 Å². The van der Waals surface area contributed by atoms with Crippen molar-refractivity contribution in [1.29, 1.82) is 5.26 Å². The van der Waals surface area contributed by atoms with Crippen molar-refractivity contribution in [3.63, 3.8) is 0 Å². The zero-order chi connectivity index (χ0) is 16.3. The second kappa shape index (κ2) is 5.92. The lowest BCUT2D eigenvalue weighted by Crippen LogP contribution is -2.09. The fourth-order valence-electron chi connectivity index (χ4n) is 1.47. The normalized spacial score (nSPS) is 11.1. The van der Waals surface area contributed by atoms with E-state index < -0.39 is 34.7 Å². The standard InChI is InChI=1S/C11H5F3N6O2/c12-5-1-6(9(14)7(8(5)13)11(21)22)16-3-4(2-15)10-17-19-20-18-10/h1,3,16H,(H,21,22)(H,17,18,19,20). The number of nitrogens with zero attached hydrogens (tertiary/aromatic N) is 4. The van der Waals surface area contributed by atoms with Crippen LogP contribution in [0.1, 0.15) is 16.2 Å². The van der Waals surface area contributed by atoms with Crippen LogP contribution in [0.15, 0.2) is 12.3 Å². The Labute approximate surface area is 119 Å². The number of tetrazole rings is 1. The molecule has 0 spiro atoms. The molecule has 0 aliphatic rings. The predicted octanol–water partition coefficient (Wildman–Crippen LogP) is 1.29. The minimum atomic E-state index is -1.97. The molecule has 8 nitrogen and oxygen atoms in total. The molecule has 0 unspecified atom stereocenters. The van der Waals surface area contributed by atoms with Gasteiger partial charge < -0.3 is 10.4 Å². The van der Waals surface area contributed by atoms with Gasteiger partial charge in [0.05, 0.1) is 5.69 Å². The van der Waals surface area contributed by atoms with Crippen LogP contribution in [-0.2, 0) is 0 Å². The highest BCUT2D eigenvalue weighted by Crippen LogP contribution is 2.24. The van der Waals surface area contributed by atoms with Crippen LogP contribution in [-0.4, -0.2) is 31.7 Å². The number of benzene rings is 1. The van der Waals surface area contributed by atoms with Crippen molar-refractivity contribution in [2.45, 2.75) is 0 Å². The summed E-state index contributed by atoms with van der Waals surface area (Å²) in [5.41, 5.74) is -2.32. The molecule has 112 valence electrons. The van der Waals surface area contributed by atoms with Crippen LogP contribution in [0, 0.1) is 28.8 Å². The highest BCUT2D eigenvalue weighted by atomic mass is 19.2. The number of halogens is 3. The number of aromatic carboxylic acids is 1. The molecule has 0 aliphatic heterocycles. The molecule has 1 heterocycles. The Morgan fingerprint density at radius 3 is 2.68 bits per heavy atom. The number of anilines is 1. The quantitative estimate of drug-likeness (QED) is 0.573. The number of hydrogen-bond acceptors (Lipinski definition) is 6. The Kier molecular flexibility index (Phi) is 4.03. The number of hydrogen-bond donors (Lipinski definition) is 3. The summed E-state index contributed by atoms with van der Waals surface area (Å²) in [6.07, 6.45) is 0.895. The molecule has 22 heavy (non-hydrogen) atoms. The van der Waals surface area contributed by atoms with Gasteiger partial charge in [0.1, 0.15) is 17.2 Å². The van der Waals surface area contributed by atoms with Crippen molar-refractivity contribution < 1.29 is 23.1 Å². The first-order valence-electron chi connectivity index (χ1n) is 5.47. The average molecular weight is 310 g/mol. The third kappa shape index (κ3) is 2.70. The highest BCUT2D eigenvalue weighted by Gasteiger charge is 2.23. The number of nitriles is 1. The van der Waals surface area contributed by atoms with Crippen LogP contribution < -0.4 is 5.32 Å². The smallest absolute Gasteiger partial charge is 0.341 e. The van der Waals surface area contributed by atoms with Crippen LogP contribution in [0.25, 0.3) is 5.57 Å². The lowest BCUT2D eigenvalue weighted by Gasteiger charge is -2.07. The molecule has 2 rings (SSSR count). The minimum Gasteiger partial charge on any atom is -0.477 e. The zero-order valence-corrected chi connectivity index (χ0v) is 10.4. The molecule has 2 aromatic rings. The van der Waals surface area contributed by atoms with Gasteiger partial charge in [-0.25, -0.2) is 18.0 Å². The molecule has 0 radical (unpaired) electrons. The Morgan fingerprint density at radius 2 is 2.14 bits per heavy atom. The van der Waals surface area contributed by atoms with Gasteiger partial charge in [-0.3, -0.25) is 0 Å². The molecular weight excluding hydrogens is 305 g/mol. The number of aromatic amines is 1. The van der Waals surface area contributed by atoms with Gasteiger partial charge in [-0.2, -0.15) is 10.5 Å². The van der Waals surface area contributed by atoms with E-state index in [1.54, 1.807) is 6.07 Å². The predicted molar refractivity (Wildman–Crippen MR) is 64.7 cm³/mol. The molecule has 0 fully saturated rings. The summed E-state index contributed by atoms with van der Waals surface area (Å²) in [5, 5.41) is 32.0. The van der Waals surface area contributed by atoms with Crippen LogP contribution >= 0.6 is 0 Å². The van der Waals surface area contributed by atoms with Gasteiger partial charge in [-0.05, 0) is 5.21 Å². The van der Waals surface area contributed by atoms with Gasteiger partial charge in [-0.1, -0.05) is 0 Å². The number of carboxylic acids is 1. The van der Waals surface area contributed by atoms with Gasteiger partial charge in [0.25, 0.3) is 0 Å². The minimum absolute atomic E-state index is 0.128. The van der Waals surface area contributed by atoms with Crippen molar-refractivity contribution in [1.82, 2.24) is 20.6 Å². The van der Waals surface area contributed by atoms with Crippen LogP contribution in [0.4, 0.5) is 18.9 Å². The van der Waals surface area contributed by atoms with E-state index in [0.717, 1.165) is 6.20 Å². The molecule has 0 bridgehead atoms. The van der Waals surface area contributed by atoms with Crippen molar-refractivity contribution in [2.24, 2.45) is 0 Å². The number of nitrogens with one attached hydrogen (secondary N) is 2. The molecular formula is C11H5F3N6O2. The number of allylic oxidation sites excluding steroid dienone is 1. The molecule has 3 N–H and O–H groups in total. The number of H-pyrrole nitrogens is 1. The second-order valence-electron chi connectivity index (χ2n) is 3.76. The summed E-state index contributed by atoms with van der Waals surface area (Å²) >= 11 is 0. The van der Waals surface area contributed by atoms with E-state index in [4.69, 9.17) is 10.4 Å². The maximum absolute atomic E-state index is 13.8. The number of rotatable bonds is 4. The van der Waals surface area contributed by atoms with Crippen LogP contribution in [0.2, 0.25) is 0 Å². The monoisotopic (exact) mass is 310 g/mol. The lowest BCUT2D eigenvalue weighted by molar-refractivity contribution is 0.0685. The van der Waals surface area contributed by atoms with Gasteiger partial charge in [0, 0.05) is 12.3 Å². The SMILES string of the molecule is N#CC(=CNc1cc(F)c(F)c(C(=O)O)c1F)c1nn[nH]n1. The summed E-state index contributed by atoms with van der Waals surface area (Å²) in [7, 11) is 0. The Hall–Kier alpha value is -3.42. The summed E-state index contributed by atoms with van der Waals surface area (Å²) in [4.78, 5) is 10.8. The molecule has 0 aliphatic carbocycles. The van der Waals surface area contributed by atoms with Gasteiger partial charge >= 0.3 is 5.97 Å². The van der Waals surface area contributed by atoms with E-state index in [1.165, 1.54) is 0 Å². The summed E-state index contributed by atoms with van der Waals surface area (Å²) < 4.78 is 40.4. The van der Waals surface area contributed by atoms with Crippen LogP contribution in [0.5, 0.6) is 0 Å². The molecule has 0 amide bonds. The first-order chi connectivity index (χ1) is 10.5. The summed E-state index contributed by atoms with van der Waals surface area (Å²) in [6, 6.07) is 2.08. The Morgan fingerprint density at radius 1 is 1.41 bits per heavy atom. The number of carboxylic acid groups (broad SMARTS) is 1. The fraction of sp³-hybridized carbons (Fsp3) is 0. The number of carbonyl (C=O) groups is 1. The first-order valence-corrected chi connectivity index (χ1v) is 5.47. The van der Waals surface area contributed by atoms with Crippen molar-refractivity contribution in [2.75, 3.05) is 5.32 Å². The molecule has 1 aromatic heterocycles. The van der Waals surface area contributed by atoms with E-state index in [1.807, 2.05) is 0 Å². The van der Waals surface area contributed by atoms with E-state index in [-0.39, 0.29) is 11.4 Å². The first kappa shape index (κ1) is 15.0. The molecule has 0 atom stereocenters. The highest BCUT2D eigenvalue weighted by molar-refractivity contribution is 5.90. The molecule has 11 heteroatoms. The average Bonchev–Trinajstić information content (AvgIpc) is 2.99. The summed E-state index contributed by atoms with van der Waals surface area (Å²) in [6.45, 7) is 0. The molecule has 0 saturated carbocycles. The van der Waals surface area contributed by atoms with Crippen molar-refractivity contribution >= 4 is 17.2 Å². The third-order valence-electron chi connectivity index (χ3n) is 2.45. The van der Waals surface area contributed by atoms with Crippen LogP contribution in [0.3, 0.4) is 0 Å². The third-order valence-corrected chi connectivity index (χ3v) is 2.45. The maximum atomic E-state index is 13.8. The second-order valence-corrected chi connectivity index (χ2v) is 3.76. The van der Waals surface area contributed by atoms with Crippen molar-refractivity contribution in [3.05, 3.63) is 41.1 Å². The van der Waals surface area contributed by atoms with E-state index in [9.17, 15) is 18.0 Å². The Balaban J connectivity index is 2.43. The van der Waals surface area contributed by atoms with E-state index in [2.05, 4.69) is 25.9 Å². The topological polar surface area (TPSA) is 128 Å². The molecule has 0 saturated heterocycles. The molecule has 1 aromatic carbocycles. The Bertz CT molecular complexity index is 797. The number of aromatic nitrogens is 4. The largest absolute Gasteiger partial charge is 0.477 e. The van der Waals surface area contributed by atoms with Gasteiger partial charge in [0.2, 0.25) is 5.82 Å². The van der Waals surface area contributed by atoms with E-state index in [0.29, 0.717) is 6.07 Å². The zero-order valence-electron chi connectivity index (χ0n) is 10.4. The van der Waals surface area contributed by atoms with Gasteiger partial charge in [0.15, 0.2) is 17.5 Å². The fourth-order valence-corrected chi connectivity index (χ4v) is 1.47. The van der Waals surface area contributed by atoms with Crippen molar-refractivity contribution in [3.8, 4) is 6.07 Å². The lowest BCUT2D eigenvalue weighted by atomic mass is 10.1. The van der Waals surface area contributed by atoms with Gasteiger partial charge in [-0.15, -0.1) is 10.2 Å². The maximum Gasteiger partial charge on any atom is 0.341 e.